The van der Waals surface area contributed by atoms with Crippen molar-refractivity contribution in [2.24, 2.45) is 0 Å². The number of hydrogen-bond acceptors (Lipinski definition) is 2. The van der Waals surface area contributed by atoms with Gasteiger partial charge in [-0.3, -0.25) is 0 Å². The first-order valence-corrected chi connectivity index (χ1v) is 9.58. The zero-order valence-electron chi connectivity index (χ0n) is 15.6. The molecule has 3 heteroatoms. The first-order chi connectivity index (χ1) is 13.6. The predicted octanol–water partition coefficient (Wildman–Crippen LogP) is 5.96. The first kappa shape index (κ1) is 18.1. The minimum atomic E-state index is -1.11. The number of rotatable bonds is 1. The van der Waals surface area contributed by atoms with E-state index in [4.69, 9.17) is 10.2 Å². The van der Waals surface area contributed by atoms with Gasteiger partial charge in [0.05, 0.1) is 0 Å². The van der Waals surface area contributed by atoms with E-state index in [2.05, 4.69) is 48.5 Å². The van der Waals surface area contributed by atoms with Crippen LogP contribution in [0, 0.1) is 0 Å². The van der Waals surface area contributed by atoms with E-state index in [1.807, 2.05) is 0 Å². The van der Waals surface area contributed by atoms with Gasteiger partial charge in [0.15, 0.2) is 0 Å². The summed E-state index contributed by atoms with van der Waals surface area (Å²) in [6.07, 6.45) is 5.22. The van der Waals surface area contributed by atoms with Crippen molar-refractivity contribution in [2.75, 3.05) is 0 Å². The Balaban J connectivity index is 0.000000165. The lowest BCUT2D eigenvalue weighted by atomic mass is 9.86. The smallest absolute Gasteiger partial charge is 0.339 e. The monoisotopic (exact) mass is 370 g/mol. The highest BCUT2D eigenvalue weighted by Gasteiger charge is 2.13. The molecule has 2 N–H and O–H groups in total. The van der Waals surface area contributed by atoms with E-state index in [0.717, 1.165) is 0 Å². The number of aryl methyl sites for hydroxylation is 2. The van der Waals surface area contributed by atoms with Crippen LogP contribution in [-0.2, 0) is 12.8 Å². The molecule has 0 aliphatic heterocycles. The number of carboxylic acid groups (broad SMARTS) is 1. The summed E-state index contributed by atoms with van der Waals surface area (Å²) >= 11 is 0. The summed E-state index contributed by atoms with van der Waals surface area (Å²) in [6.45, 7) is 0. The van der Waals surface area contributed by atoms with Gasteiger partial charge in [-0.25, -0.2) is 4.79 Å². The van der Waals surface area contributed by atoms with Crippen LogP contribution in [0.15, 0.2) is 72.8 Å². The highest BCUT2D eigenvalue weighted by Crippen LogP contribution is 2.33. The summed E-state index contributed by atoms with van der Waals surface area (Å²) < 4.78 is 0. The van der Waals surface area contributed by atoms with Crippen molar-refractivity contribution >= 4 is 27.5 Å². The van der Waals surface area contributed by atoms with Crippen LogP contribution < -0.4 is 0 Å². The fourth-order valence-corrected chi connectivity index (χ4v) is 4.00. The minimum absolute atomic E-state index is 0.0671. The van der Waals surface area contributed by atoms with Gasteiger partial charge in [-0.05, 0) is 70.5 Å². The van der Waals surface area contributed by atoms with Crippen LogP contribution in [0.4, 0.5) is 0 Å². The fourth-order valence-electron chi connectivity index (χ4n) is 4.00. The van der Waals surface area contributed by atoms with Crippen LogP contribution in [0.1, 0.15) is 34.3 Å². The van der Waals surface area contributed by atoms with E-state index in [1.165, 1.54) is 59.4 Å². The normalized spacial score (nSPS) is 12.9. The number of aromatic carboxylic acids is 1. The lowest BCUT2D eigenvalue weighted by molar-refractivity contribution is 0.0693. The molecule has 0 amide bonds. The molecule has 0 unspecified atom stereocenters. The Hall–Kier alpha value is -3.33. The lowest BCUT2D eigenvalue weighted by Gasteiger charge is -2.18. The van der Waals surface area contributed by atoms with Gasteiger partial charge in [0, 0.05) is 0 Å². The van der Waals surface area contributed by atoms with Crippen LogP contribution in [-0.4, -0.2) is 16.2 Å². The topological polar surface area (TPSA) is 57.5 Å². The molecule has 0 saturated carbocycles. The molecule has 3 nitrogen and oxygen atoms in total. The number of hydrogen-bond donors (Lipinski definition) is 2. The van der Waals surface area contributed by atoms with Crippen molar-refractivity contribution in [1.29, 1.82) is 0 Å². The molecule has 1 aliphatic carbocycles. The average molecular weight is 370 g/mol. The summed E-state index contributed by atoms with van der Waals surface area (Å²) in [5.41, 5.74) is 3.11. The zero-order chi connectivity index (χ0) is 19.5. The van der Waals surface area contributed by atoms with E-state index >= 15 is 0 Å². The average Bonchev–Trinajstić information content (AvgIpc) is 2.74. The van der Waals surface area contributed by atoms with Crippen LogP contribution in [0.2, 0.25) is 0 Å². The molecule has 0 heterocycles. The maximum Gasteiger partial charge on any atom is 0.339 e. The fraction of sp³-hybridized carbons (Fsp3) is 0.160. The summed E-state index contributed by atoms with van der Waals surface area (Å²) in [4.78, 5) is 10.3. The Bertz CT molecular complexity index is 1160. The molecule has 28 heavy (non-hydrogen) atoms. The second-order valence-electron chi connectivity index (χ2n) is 7.11. The molecule has 140 valence electrons. The Morgan fingerprint density at radius 1 is 0.714 bits per heavy atom. The van der Waals surface area contributed by atoms with Crippen molar-refractivity contribution in [3.63, 3.8) is 0 Å². The summed E-state index contributed by atoms with van der Waals surface area (Å²) in [6, 6.07) is 23.8. The molecule has 0 radical (unpaired) electrons. The van der Waals surface area contributed by atoms with Crippen LogP contribution in [0.25, 0.3) is 21.5 Å². The van der Waals surface area contributed by atoms with Gasteiger partial charge in [-0.1, -0.05) is 60.7 Å². The summed E-state index contributed by atoms with van der Waals surface area (Å²) in [5.74, 6) is -1.31. The number of para-hydroxylation sites is 1. The van der Waals surface area contributed by atoms with Gasteiger partial charge in [0.1, 0.15) is 11.3 Å². The third kappa shape index (κ3) is 3.44. The van der Waals surface area contributed by atoms with Crippen molar-refractivity contribution < 1.29 is 15.0 Å². The first-order valence-electron chi connectivity index (χ1n) is 9.58. The number of benzene rings is 4. The molecule has 0 bridgehead atoms. The molecule has 5 rings (SSSR count). The van der Waals surface area contributed by atoms with Crippen LogP contribution in [0.5, 0.6) is 5.75 Å². The van der Waals surface area contributed by atoms with Crippen molar-refractivity contribution in [3.8, 4) is 5.75 Å². The minimum Gasteiger partial charge on any atom is -0.507 e. The molecule has 4 aromatic rings. The molecular formula is C25H22O3. The maximum atomic E-state index is 10.3. The molecule has 0 saturated heterocycles. The van der Waals surface area contributed by atoms with Crippen molar-refractivity contribution in [1.82, 2.24) is 0 Å². The Morgan fingerprint density at radius 3 is 2.21 bits per heavy atom. The molecule has 0 atom stereocenters. The quantitative estimate of drug-likeness (QED) is 0.406. The van der Waals surface area contributed by atoms with Crippen molar-refractivity contribution in [2.45, 2.75) is 25.7 Å². The highest BCUT2D eigenvalue weighted by atomic mass is 16.4. The van der Waals surface area contributed by atoms with E-state index < -0.39 is 5.97 Å². The number of aromatic hydroxyl groups is 1. The van der Waals surface area contributed by atoms with E-state index in [0.29, 0.717) is 0 Å². The number of fused-ring (bicyclic) bond motifs is 5. The molecule has 4 aromatic carbocycles. The molecule has 1 aliphatic rings. The van der Waals surface area contributed by atoms with Gasteiger partial charge < -0.3 is 10.2 Å². The lowest BCUT2D eigenvalue weighted by Crippen LogP contribution is -2.02. The second-order valence-corrected chi connectivity index (χ2v) is 7.11. The number of carbonyl (C=O) groups is 1. The third-order valence-electron chi connectivity index (χ3n) is 5.39. The predicted molar refractivity (Wildman–Crippen MR) is 113 cm³/mol. The van der Waals surface area contributed by atoms with Gasteiger partial charge in [-0.2, -0.15) is 0 Å². The highest BCUT2D eigenvalue weighted by molar-refractivity contribution is 6.08. The Labute approximate surface area is 163 Å². The Kier molecular flexibility index (Phi) is 4.98. The number of carboxylic acids is 1. The van der Waals surface area contributed by atoms with Gasteiger partial charge >= 0.3 is 5.97 Å². The zero-order valence-corrected chi connectivity index (χ0v) is 15.6. The standard InChI is InChI=1S/C18H16.C7H6O3/c1-3-7-15-13(5-1)9-11-18-16-8-4-2-6-14(16)10-12-17(15)18;8-6-4-2-1-3-5(6)7(9)10/h1,3,5,7,9-12H,2,4,6,8H2;1-4,8H,(H,9,10). The van der Waals surface area contributed by atoms with Crippen LogP contribution in [0.3, 0.4) is 0 Å². The number of phenols is 1. The van der Waals surface area contributed by atoms with Gasteiger partial charge in [-0.15, -0.1) is 0 Å². The van der Waals surface area contributed by atoms with Crippen LogP contribution >= 0.6 is 0 Å². The molecular weight excluding hydrogens is 348 g/mol. The Morgan fingerprint density at radius 2 is 1.43 bits per heavy atom. The summed E-state index contributed by atoms with van der Waals surface area (Å²) in [5, 5.41) is 22.9. The van der Waals surface area contributed by atoms with E-state index in [-0.39, 0.29) is 11.3 Å². The van der Waals surface area contributed by atoms with E-state index in [1.54, 1.807) is 23.3 Å². The summed E-state index contributed by atoms with van der Waals surface area (Å²) in [7, 11) is 0. The molecule has 0 aromatic heterocycles. The largest absolute Gasteiger partial charge is 0.507 e. The van der Waals surface area contributed by atoms with E-state index in [9.17, 15) is 4.79 Å². The second kappa shape index (κ2) is 7.73. The SMILES string of the molecule is O=C(O)c1ccccc1O.c1ccc2c(c1)ccc1c3c(ccc12)CCCC3. The van der Waals surface area contributed by atoms with Gasteiger partial charge in [0.2, 0.25) is 0 Å². The molecule has 0 fully saturated rings. The maximum absolute atomic E-state index is 10.3. The third-order valence-corrected chi connectivity index (χ3v) is 5.39. The molecule has 0 spiro atoms. The van der Waals surface area contributed by atoms with Gasteiger partial charge in [0.25, 0.3) is 0 Å². The van der Waals surface area contributed by atoms with Crippen molar-refractivity contribution in [3.05, 3.63) is 89.5 Å².